The summed E-state index contributed by atoms with van der Waals surface area (Å²) >= 11 is 9.18. The van der Waals surface area contributed by atoms with E-state index in [1.807, 2.05) is 34.0 Å². The van der Waals surface area contributed by atoms with Crippen molar-refractivity contribution in [3.8, 4) is 43.2 Å². The monoisotopic (exact) mass is 740 g/mol. The van der Waals surface area contributed by atoms with Crippen LogP contribution in [0, 0.1) is 23.7 Å². The van der Waals surface area contributed by atoms with Gasteiger partial charge in [0.1, 0.15) is 0 Å². The Bertz CT molecular complexity index is 1650. The van der Waals surface area contributed by atoms with E-state index < -0.39 is 0 Å². The van der Waals surface area contributed by atoms with Gasteiger partial charge in [-0.25, -0.2) is 0 Å². The third-order valence-electron chi connectivity index (χ3n) is 8.80. The summed E-state index contributed by atoms with van der Waals surface area (Å²) in [6, 6.07) is 22.3. The molecule has 5 heterocycles. The van der Waals surface area contributed by atoms with Gasteiger partial charge in [-0.1, -0.05) is 104 Å². The minimum atomic E-state index is 1.13. The summed E-state index contributed by atoms with van der Waals surface area (Å²) in [5.74, 6) is 13.7. The maximum atomic E-state index is 3.43. The predicted molar refractivity (Wildman–Crippen MR) is 224 cm³/mol. The van der Waals surface area contributed by atoms with E-state index in [9.17, 15) is 0 Å². The lowest BCUT2D eigenvalue weighted by Gasteiger charge is -2.00. The van der Waals surface area contributed by atoms with E-state index >= 15 is 0 Å². The van der Waals surface area contributed by atoms with Crippen molar-refractivity contribution < 1.29 is 0 Å². The minimum absolute atomic E-state index is 1.13. The number of unbranched alkanes of at least 4 members (excludes halogenated alkanes) is 14. The van der Waals surface area contributed by atoms with Crippen molar-refractivity contribution in [3.05, 3.63) is 89.9 Å². The highest BCUT2D eigenvalue weighted by Gasteiger charge is 2.09. The predicted octanol–water partition coefficient (Wildman–Crippen LogP) is 15.5. The van der Waals surface area contributed by atoms with Crippen molar-refractivity contribution in [2.75, 3.05) is 0 Å². The van der Waals surface area contributed by atoms with Gasteiger partial charge < -0.3 is 0 Å². The topological polar surface area (TPSA) is 0 Å². The normalized spacial score (nSPS) is 11.0. The molecule has 0 aliphatic rings. The number of rotatable bonds is 20. The van der Waals surface area contributed by atoms with E-state index in [1.165, 1.54) is 155 Å². The molecule has 0 amide bonds. The molecule has 5 aromatic heterocycles. The van der Waals surface area contributed by atoms with Gasteiger partial charge in [0.2, 0.25) is 0 Å². The zero-order valence-electron chi connectivity index (χ0n) is 29.5. The van der Waals surface area contributed by atoms with Gasteiger partial charge in [0.25, 0.3) is 0 Å². The molecule has 0 saturated heterocycles. The van der Waals surface area contributed by atoms with Gasteiger partial charge in [-0.05, 0) is 110 Å². The van der Waals surface area contributed by atoms with E-state index in [1.54, 1.807) is 22.7 Å². The molecule has 0 N–H and O–H groups in total. The van der Waals surface area contributed by atoms with Crippen LogP contribution in [0.3, 0.4) is 0 Å². The van der Waals surface area contributed by atoms with Crippen LogP contribution in [0.25, 0.3) is 19.5 Å². The molecule has 0 bridgehead atoms. The second kappa shape index (κ2) is 21.8. The second-order valence-corrected chi connectivity index (χ2v) is 18.6. The van der Waals surface area contributed by atoms with E-state index in [4.69, 9.17) is 0 Å². The Morgan fingerprint density at radius 3 is 1.04 bits per heavy atom. The van der Waals surface area contributed by atoms with Crippen molar-refractivity contribution >= 4 is 56.7 Å². The summed E-state index contributed by atoms with van der Waals surface area (Å²) in [7, 11) is 0. The Labute approximate surface area is 317 Å². The first-order valence-corrected chi connectivity index (χ1v) is 22.8. The maximum absolute atomic E-state index is 3.43. The van der Waals surface area contributed by atoms with Gasteiger partial charge in [-0.2, -0.15) is 0 Å². The molecule has 0 spiro atoms. The Kier molecular flexibility index (Phi) is 16.8. The number of hydrogen-bond donors (Lipinski definition) is 0. The minimum Gasteiger partial charge on any atom is -0.134 e. The van der Waals surface area contributed by atoms with Crippen LogP contribution in [0.2, 0.25) is 0 Å². The van der Waals surface area contributed by atoms with Crippen LogP contribution in [-0.2, 0) is 12.8 Å². The van der Waals surface area contributed by atoms with E-state index in [0.29, 0.717) is 0 Å². The Morgan fingerprint density at radius 1 is 0.327 bits per heavy atom. The summed E-state index contributed by atoms with van der Waals surface area (Å²) in [6.07, 6.45) is 24.3. The van der Waals surface area contributed by atoms with Crippen LogP contribution in [0.1, 0.15) is 146 Å². The molecule has 0 fully saturated rings. The number of thiophene rings is 5. The molecule has 0 nitrogen and oxygen atoms in total. The third kappa shape index (κ3) is 13.4. The number of aryl methyl sites for hydroxylation is 2. The van der Waals surface area contributed by atoms with Gasteiger partial charge in [-0.3, -0.25) is 0 Å². The molecule has 0 aromatic carbocycles. The fraction of sp³-hybridized carbons (Fsp3) is 0.455. The molecule has 0 saturated carbocycles. The lowest BCUT2D eigenvalue weighted by molar-refractivity contribution is 0.576. The first kappa shape index (κ1) is 37.9. The lowest BCUT2D eigenvalue weighted by atomic mass is 10.1. The summed E-state index contributed by atoms with van der Waals surface area (Å²) in [5.41, 5.74) is 0. The Balaban J connectivity index is 1.05. The molecule has 0 atom stereocenters. The highest BCUT2D eigenvalue weighted by atomic mass is 32.1. The molecule has 49 heavy (non-hydrogen) atoms. The van der Waals surface area contributed by atoms with Gasteiger partial charge in [-0.15, -0.1) is 56.7 Å². The Morgan fingerprint density at radius 2 is 0.633 bits per heavy atom. The van der Waals surface area contributed by atoms with Crippen LogP contribution in [-0.4, -0.2) is 0 Å². The van der Waals surface area contributed by atoms with Gasteiger partial charge >= 0.3 is 0 Å². The number of hydrogen-bond acceptors (Lipinski definition) is 5. The lowest BCUT2D eigenvalue weighted by Crippen LogP contribution is -1.83. The van der Waals surface area contributed by atoms with Crippen molar-refractivity contribution in [1.82, 2.24) is 0 Å². The van der Waals surface area contributed by atoms with Crippen LogP contribution >= 0.6 is 56.7 Å². The first-order chi connectivity index (χ1) is 24.2. The fourth-order valence-corrected chi connectivity index (χ4v) is 10.7. The van der Waals surface area contributed by atoms with Crippen molar-refractivity contribution in [1.29, 1.82) is 0 Å². The van der Waals surface area contributed by atoms with Gasteiger partial charge in [0, 0.05) is 29.3 Å². The van der Waals surface area contributed by atoms with E-state index in [-0.39, 0.29) is 0 Å². The molecule has 0 aliphatic carbocycles. The molecule has 5 heteroatoms. The summed E-state index contributed by atoms with van der Waals surface area (Å²) in [5, 5.41) is 0. The third-order valence-corrected chi connectivity index (χ3v) is 14.4. The Hall–Kier alpha value is -2.38. The quantitative estimate of drug-likeness (QED) is 0.0551. The SMILES string of the molecule is CCCCCCCCCCc1ccc(C#Cc2ccc(-c3ccc(-c4ccc(C#Cc5ccc(CCCCCCCCCC)s5)s4)s3)s2)s1. The van der Waals surface area contributed by atoms with Crippen LogP contribution in [0.4, 0.5) is 0 Å². The molecule has 258 valence electrons. The fourth-order valence-electron chi connectivity index (χ4n) is 5.95. The van der Waals surface area contributed by atoms with E-state index in [0.717, 1.165) is 9.75 Å². The van der Waals surface area contributed by atoms with Gasteiger partial charge in [0.15, 0.2) is 0 Å². The average molecular weight is 741 g/mol. The molecule has 0 aliphatic heterocycles. The molecular formula is C44H52S5. The largest absolute Gasteiger partial charge is 0.134 e. The zero-order valence-corrected chi connectivity index (χ0v) is 33.6. The summed E-state index contributed by atoms with van der Waals surface area (Å²) < 4.78 is 0. The first-order valence-electron chi connectivity index (χ1n) is 18.7. The standard InChI is InChI=1S/C44H52S5/c1-3-5-7-9-11-13-15-17-19-35-21-23-37(45-35)25-27-39-29-31-41(47-39)43-33-34-44(49-43)42-32-30-40(48-42)28-26-38-24-22-36(46-38)20-18-16-14-12-10-8-6-4-2/h21-24,29-34H,3-20H2,1-2H3. The maximum Gasteiger partial charge on any atom is 0.0779 e. The van der Waals surface area contributed by atoms with Crippen molar-refractivity contribution in [3.63, 3.8) is 0 Å². The smallest absolute Gasteiger partial charge is 0.0779 e. The highest BCUT2D eigenvalue weighted by molar-refractivity contribution is 7.26. The van der Waals surface area contributed by atoms with Crippen LogP contribution < -0.4 is 0 Å². The molecule has 5 rings (SSSR count). The van der Waals surface area contributed by atoms with E-state index in [2.05, 4.69) is 98.2 Å². The second-order valence-electron chi connectivity index (χ2n) is 13.0. The van der Waals surface area contributed by atoms with Gasteiger partial charge in [0.05, 0.1) is 19.5 Å². The summed E-state index contributed by atoms with van der Waals surface area (Å²) in [6.45, 7) is 4.57. The van der Waals surface area contributed by atoms with Crippen LogP contribution in [0.5, 0.6) is 0 Å². The summed E-state index contributed by atoms with van der Waals surface area (Å²) in [4.78, 5) is 12.8. The molecule has 0 unspecified atom stereocenters. The van der Waals surface area contributed by atoms with Crippen LogP contribution in [0.15, 0.2) is 60.7 Å². The van der Waals surface area contributed by atoms with Crippen molar-refractivity contribution in [2.45, 2.75) is 129 Å². The molecule has 5 aromatic rings. The highest BCUT2D eigenvalue weighted by Crippen LogP contribution is 2.40. The zero-order chi connectivity index (χ0) is 33.9. The molecule has 0 radical (unpaired) electrons. The molecular weight excluding hydrogens is 689 g/mol. The average Bonchev–Trinajstić information content (AvgIpc) is 3.96. The van der Waals surface area contributed by atoms with Crippen molar-refractivity contribution in [2.24, 2.45) is 0 Å².